The molecule has 0 spiro atoms. The van der Waals surface area contributed by atoms with Crippen LogP contribution >= 0.6 is 23.2 Å². The highest BCUT2D eigenvalue weighted by atomic mass is 35.5. The van der Waals surface area contributed by atoms with Gasteiger partial charge in [-0.2, -0.15) is 0 Å². The quantitative estimate of drug-likeness (QED) is 0.727. The number of carbonyl (C=O) groups excluding carboxylic acids is 1. The fraction of sp³-hybridized carbons (Fsp3) is 0. The zero-order valence-electron chi connectivity index (χ0n) is 8.58. The maximum atomic E-state index is 13.7. The first-order valence-electron chi connectivity index (χ1n) is 4.82. The molecule has 0 aromatic heterocycles. The van der Waals surface area contributed by atoms with Crippen LogP contribution in [0.4, 0.5) is 4.39 Å². The van der Waals surface area contributed by atoms with Gasteiger partial charge in [-0.05, 0) is 42.0 Å². The van der Waals surface area contributed by atoms with Gasteiger partial charge in [0.05, 0.1) is 0 Å². The van der Waals surface area contributed by atoms with E-state index in [1.54, 1.807) is 24.3 Å². The van der Waals surface area contributed by atoms with Crippen LogP contribution in [0.15, 0.2) is 36.4 Å². The summed E-state index contributed by atoms with van der Waals surface area (Å²) in [5, 5.41) is 0.751. The summed E-state index contributed by atoms with van der Waals surface area (Å²) in [4.78, 5) is 10.9. The van der Waals surface area contributed by atoms with Gasteiger partial charge in [-0.15, -0.1) is 0 Å². The summed E-state index contributed by atoms with van der Waals surface area (Å²) in [6.07, 6.45) is 0.666. The number of halogens is 3. The molecule has 0 heterocycles. The Balaban J connectivity index is 2.66. The van der Waals surface area contributed by atoms with Crippen molar-refractivity contribution in [3.63, 3.8) is 0 Å². The van der Waals surface area contributed by atoms with Crippen molar-refractivity contribution in [2.45, 2.75) is 0 Å². The summed E-state index contributed by atoms with van der Waals surface area (Å²) < 4.78 is 13.7. The molecule has 0 unspecified atom stereocenters. The largest absolute Gasteiger partial charge is 0.298 e. The van der Waals surface area contributed by atoms with Crippen molar-refractivity contribution in [3.05, 3.63) is 57.8 Å². The van der Waals surface area contributed by atoms with Gasteiger partial charge in [0.25, 0.3) is 0 Å². The molecule has 2 rings (SSSR count). The van der Waals surface area contributed by atoms with Gasteiger partial charge in [0, 0.05) is 21.2 Å². The Morgan fingerprint density at radius 2 is 1.59 bits per heavy atom. The van der Waals surface area contributed by atoms with Crippen LogP contribution in [-0.4, -0.2) is 6.29 Å². The lowest BCUT2D eigenvalue weighted by molar-refractivity contribution is 0.112. The van der Waals surface area contributed by atoms with Gasteiger partial charge in [0.2, 0.25) is 0 Å². The summed E-state index contributed by atoms with van der Waals surface area (Å²) in [5.41, 5.74) is 1.15. The Hall–Kier alpha value is -1.38. The lowest BCUT2D eigenvalue weighted by atomic mass is 10.00. The molecule has 0 N–H and O–H groups in total. The van der Waals surface area contributed by atoms with E-state index in [1.165, 1.54) is 12.1 Å². The van der Waals surface area contributed by atoms with E-state index < -0.39 is 5.82 Å². The van der Waals surface area contributed by atoms with Crippen LogP contribution in [0, 0.1) is 5.82 Å². The van der Waals surface area contributed by atoms with Gasteiger partial charge in [-0.25, -0.2) is 4.39 Å². The Kier molecular flexibility index (Phi) is 3.46. The second-order valence-electron chi connectivity index (χ2n) is 3.47. The van der Waals surface area contributed by atoms with E-state index in [0.29, 0.717) is 33.0 Å². The van der Waals surface area contributed by atoms with Crippen LogP contribution in [0.5, 0.6) is 0 Å². The molecule has 2 aromatic carbocycles. The normalized spacial score (nSPS) is 10.3. The minimum Gasteiger partial charge on any atom is -0.298 e. The maximum absolute atomic E-state index is 13.7. The van der Waals surface area contributed by atoms with Crippen molar-refractivity contribution in [1.82, 2.24) is 0 Å². The maximum Gasteiger partial charge on any atom is 0.150 e. The van der Waals surface area contributed by atoms with E-state index >= 15 is 0 Å². The summed E-state index contributed by atoms with van der Waals surface area (Å²) in [7, 11) is 0. The third-order valence-electron chi connectivity index (χ3n) is 2.36. The Labute approximate surface area is 108 Å². The molecule has 0 bridgehead atoms. The molecule has 4 heteroatoms. The number of carbonyl (C=O) groups is 1. The van der Waals surface area contributed by atoms with Crippen molar-refractivity contribution in [2.24, 2.45) is 0 Å². The fourth-order valence-corrected chi connectivity index (χ4v) is 1.90. The van der Waals surface area contributed by atoms with E-state index in [2.05, 4.69) is 0 Å². The van der Waals surface area contributed by atoms with E-state index in [9.17, 15) is 9.18 Å². The predicted octanol–water partition coefficient (Wildman–Crippen LogP) is 4.61. The average Bonchev–Trinajstić information content (AvgIpc) is 2.29. The third kappa shape index (κ3) is 2.48. The van der Waals surface area contributed by atoms with E-state index in [-0.39, 0.29) is 0 Å². The highest BCUT2D eigenvalue weighted by Gasteiger charge is 2.10. The number of hydrogen-bond acceptors (Lipinski definition) is 1. The molecule has 0 aliphatic rings. The Morgan fingerprint density at radius 1 is 0.941 bits per heavy atom. The van der Waals surface area contributed by atoms with Crippen molar-refractivity contribution in [1.29, 1.82) is 0 Å². The molecular formula is C13H7Cl2FO. The first-order valence-corrected chi connectivity index (χ1v) is 5.57. The smallest absolute Gasteiger partial charge is 0.150 e. The topological polar surface area (TPSA) is 17.1 Å². The molecule has 0 aliphatic carbocycles. The molecule has 0 amide bonds. The van der Waals surface area contributed by atoms with Gasteiger partial charge >= 0.3 is 0 Å². The van der Waals surface area contributed by atoms with E-state index in [0.717, 1.165) is 0 Å². The first-order chi connectivity index (χ1) is 8.11. The molecule has 0 atom stereocenters. The van der Waals surface area contributed by atoms with Gasteiger partial charge in [0.15, 0.2) is 6.29 Å². The second kappa shape index (κ2) is 4.86. The summed E-state index contributed by atoms with van der Waals surface area (Å²) in [6.45, 7) is 0. The number of hydrogen-bond donors (Lipinski definition) is 0. The van der Waals surface area contributed by atoms with Crippen LogP contribution in [0.3, 0.4) is 0 Å². The SMILES string of the molecule is O=Cc1ccc(Cl)cc1-c1ccc(Cl)cc1F. The number of aldehydes is 1. The molecular weight excluding hydrogens is 262 g/mol. The minimum absolute atomic E-state index is 0.305. The molecule has 17 heavy (non-hydrogen) atoms. The van der Waals surface area contributed by atoms with Crippen LogP contribution in [0.2, 0.25) is 10.0 Å². The number of rotatable bonds is 2. The Morgan fingerprint density at radius 3 is 2.24 bits per heavy atom. The third-order valence-corrected chi connectivity index (χ3v) is 2.83. The van der Waals surface area contributed by atoms with Crippen molar-refractivity contribution < 1.29 is 9.18 Å². The number of benzene rings is 2. The molecule has 0 radical (unpaired) electrons. The minimum atomic E-state index is -0.483. The van der Waals surface area contributed by atoms with E-state index in [4.69, 9.17) is 23.2 Å². The first kappa shape index (κ1) is 12.1. The molecule has 1 nitrogen and oxygen atoms in total. The van der Waals surface area contributed by atoms with E-state index in [1.807, 2.05) is 0 Å². The monoisotopic (exact) mass is 268 g/mol. The molecule has 86 valence electrons. The second-order valence-corrected chi connectivity index (χ2v) is 4.35. The zero-order chi connectivity index (χ0) is 12.4. The van der Waals surface area contributed by atoms with Crippen molar-refractivity contribution in [2.75, 3.05) is 0 Å². The summed E-state index contributed by atoms with van der Waals surface area (Å²) in [5.74, 6) is -0.483. The van der Waals surface area contributed by atoms with Gasteiger partial charge < -0.3 is 0 Å². The molecule has 0 aliphatic heterocycles. The Bertz CT molecular complexity index is 582. The van der Waals surface area contributed by atoms with Gasteiger partial charge in [-0.1, -0.05) is 23.2 Å². The van der Waals surface area contributed by atoms with Crippen LogP contribution in [-0.2, 0) is 0 Å². The molecule has 0 saturated carbocycles. The highest BCUT2D eigenvalue weighted by molar-refractivity contribution is 6.31. The van der Waals surface area contributed by atoms with Gasteiger partial charge in [0.1, 0.15) is 5.82 Å². The standard InChI is InChI=1S/C13H7Cl2FO/c14-9-2-1-8(7-17)12(5-9)11-4-3-10(15)6-13(11)16/h1-7H. The average molecular weight is 269 g/mol. The highest BCUT2D eigenvalue weighted by Crippen LogP contribution is 2.29. The molecule has 2 aromatic rings. The lowest BCUT2D eigenvalue weighted by Crippen LogP contribution is -1.90. The molecule has 0 fully saturated rings. The molecule has 0 saturated heterocycles. The van der Waals surface area contributed by atoms with Crippen LogP contribution in [0.25, 0.3) is 11.1 Å². The van der Waals surface area contributed by atoms with Gasteiger partial charge in [-0.3, -0.25) is 4.79 Å². The van der Waals surface area contributed by atoms with Crippen molar-refractivity contribution >= 4 is 29.5 Å². The lowest BCUT2D eigenvalue weighted by Gasteiger charge is -2.07. The van der Waals surface area contributed by atoms with Crippen LogP contribution < -0.4 is 0 Å². The zero-order valence-corrected chi connectivity index (χ0v) is 10.1. The van der Waals surface area contributed by atoms with Crippen molar-refractivity contribution in [3.8, 4) is 11.1 Å². The fourth-order valence-electron chi connectivity index (χ4n) is 1.57. The summed E-state index contributed by atoms with van der Waals surface area (Å²) in [6, 6.07) is 8.98. The van der Waals surface area contributed by atoms with Crippen LogP contribution in [0.1, 0.15) is 10.4 Å². The summed E-state index contributed by atoms with van der Waals surface area (Å²) >= 11 is 11.5. The predicted molar refractivity (Wildman–Crippen MR) is 67.2 cm³/mol.